The highest BCUT2D eigenvalue weighted by Crippen LogP contribution is 2.39. The molecule has 0 aliphatic carbocycles. The van der Waals surface area contributed by atoms with E-state index in [0.717, 1.165) is 36.1 Å². The van der Waals surface area contributed by atoms with Crippen molar-refractivity contribution in [2.24, 2.45) is 0 Å². The van der Waals surface area contributed by atoms with E-state index in [2.05, 4.69) is 0 Å². The first kappa shape index (κ1) is 22.6. The minimum atomic E-state index is -3.66. The molecule has 2 aliphatic heterocycles. The first-order chi connectivity index (χ1) is 15.2. The molecule has 1 amide bonds. The number of nitrogens with zero attached hydrogens (tertiary/aromatic N) is 2. The first-order valence-electron chi connectivity index (χ1n) is 10.9. The lowest BCUT2D eigenvalue weighted by Crippen LogP contribution is -2.31. The summed E-state index contributed by atoms with van der Waals surface area (Å²) in [6, 6.07) is 9.09. The number of hydrogen-bond acceptors (Lipinski definition) is 5. The predicted octanol–water partition coefficient (Wildman–Crippen LogP) is 3.69. The largest absolute Gasteiger partial charge is 0.490 e. The van der Waals surface area contributed by atoms with E-state index >= 15 is 0 Å². The van der Waals surface area contributed by atoms with E-state index in [1.54, 1.807) is 13.0 Å². The quantitative estimate of drug-likeness (QED) is 0.698. The Morgan fingerprint density at radius 2 is 1.75 bits per heavy atom. The summed E-state index contributed by atoms with van der Waals surface area (Å²) in [4.78, 5) is 15.6. The molecule has 1 saturated heterocycles. The summed E-state index contributed by atoms with van der Waals surface area (Å²) < 4.78 is 38.4. The van der Waals surface area contributed by atoms with Gasteiger partial charge in [0.05, 0.1) is 24.2 Å². The van der Waals surface area contributed by atoms with Crippen molar-refractivity contribution in [3.05, 3.63) is 52.6 Å². The molecule has 2 aromatic carbocycles. The molecule has 2 aromatic rings. The zero-order valence-electron chi connectivity index (χ0n) is 19.1. The number of amides is 1. The van der Waals surface area contributed by atoms with Crippen LogP contribution in [-0.4, -0.2) is 57.4 Å². The average Bonchev–Trinajstić information content (AvgIpc) is 3.13. The minimum Gasteiger partial charge on any atom is -0.490 e. The van der Waals surface area contributed by atoms with Crippen LogP contribution in [0.5, 0.6) is 11.5 Å². The molecule has 172 valence electrons. The molecule has 1 unspecified atom stereocenters. The van der Waals surface area contributed by atoms with Gasteiger partial charge in [0.1, 0.15) is 0 Å². The molecule has 2 heterocycles. The lowest BCUT2D eigenvalue weighted by molar-refractivity contribution is 0.0735. The van der Waals surface area contributed by atoms with Crippen LogP contribution in [0.25, 0.3) is 0 Å². The highest BCUT2D eigenvalue weighted by molar-refractivity contribution is 7.89. The molecule has 0 radical (unpaired) electrons. The molecular weight excluding hydrogens is 428 g/mol. The summed E-state index contributed by atoms with van der Waals surface area (Å²) in [5.41, 5.74) is 2.85. The van der Waals surface area contributed by atoms with Crippen LogP contribution < -0.4 is 9.47 Å². The fourth-order valence-electron chi connectivity index (χ4n) is 4.32. The zero-order chi connectivity index (χ0) is 23.0. The molecule has 8 heteroatoms. The van der Waals surface area contributed by atoms with Gasteiger partial charge in [0, 0.05) is 32.6 Å². The number of carbonyl (C=O) groups excluding carboxylic acids is 1. The number of likely N-dealkylation sites (tertiary alicyclic amines) is 1. The Hall–Kier alpha value is -2.58. The second-order valence-corrected chi connectivity index (χ2v) is 10.7. The third-order valence-electron chi connectivity index (χ3n) is 6.30. The molecule has 32 heavy (non-hydrogen) atoms. The van der Waals surface area contributed by atoms with Crippen molar-refractivity contribution in [1.29, 1.82) is 0 Å². The minimum absolute atomic E-state index is 0.0878. The number of hydrogen-bond donors (Lipinski definition) is 0. The van der Waals surface area contributed by atoms with Gasteiger partial charge in [-0.3, -0.25) is 4.79 Å². The van der Waals surface area contributed by atoms with E-state index in [9.17, 15) is 13.2 Å². The van der Waals surface area contributed by atoms with Gasteiger partial charge in [-0.1, -0.05) is 6.07 Å². The summed E-state index contributed by atoms with van der Waals surface area (Å²) >= 11 is 0. The van der Waals surface area contributed by atoms with Crippen molar-refractivity contribution in [3.8, 4) is 11.5 Å². The van der Waals surface area contributed by atoms with Crippen molar-refractivity contribution in [1.82, 2.24) is 9.21 Å². The second-order valence-electron chi connectivity index (χ2n) is 8.62. The predicted molar refractivity (Wildman–Crippen MR) is 122 cm³/mol. The average molecular weight is 459 g/mol. The van der Waals surface area contributed by atoms with Crippen LogP contribution >= 0.6 is 0 Å². The zero-order valence-corrected chi connectivity index (χ0v) is 19.9. The molecule has 2 aliphatic rings. The third-order valence-corrected chi connectivity index (χ3v) is 8.24. The normalized spacial score (nSPS) is 18.7. The van der Waals surface area contributed by atoms with Crippen molar-refractivity contribution < 1.29 is 22.7 Å². The molecular formula is C24H30N2O5S. The Kier molecular flexibility index (Phi) is 6.18. The lowest BCUT2D eigenvalue weighted by Gasteiger charge is -2.26. The van der Waals surface area contributed by atoms with Crippen molar-refractivity contribution in [3.63, 3.8) is 0 Å². The Labute approximate surface area is 190 Å². The number of fused-ring (bicyclic) bond motifs is 1. The van der Waals surface area contributed by atoms with Gasteiger partial charge >= 0.3 is 0 Å². The smallest absolute Gasteiger partial charge is 0.254 e. The Balaban J connectivity index is 1.68. The Morgan fingerprint density at radius 1 is 1.03 bits per heavy atom. The van der Waals surface area contributed by atoms with Gasteiger partial charge in [0.2, 0.25) is 10.0 Å². The summed E-state index contributed by atoms with van der Waals surface area (Å²) in [6.07, 6.45) is 2.57. The number of carbonyl (C=O) groups is 1. The van der Waals surface area contributed by atoms with E-state index < -0.39 is 10.0 Å². The van der Waals surface area contributed by atoms with E-state index in [4.69, 9.17) is 9.47 Å². The van der Waals surface area contributed by atoms with Gasteiger partial charge in [-0.05, 0) is 67.6 Å². The van der Waals surface area contributed by atoms with Gasteiger partial charge in [0.25, 0.3) is 5.91 Å². The fourth-order valence-corrected chi connectivity index (χ4v) is 5.54. The molecule has 4 rings (SSSR count). The molecule has 1 fully saturated rings. The van der Waals surface area contributed by atoms with Gasteiger partial charge < -0.3 is 14.4 Å². The Morgan fingerprint density at radius 3 is 2.47 bits per heavy atom. The highest BCUT2D eigenvalue weighted by Gasteiger charge is 2.32. The number of rotatable bonds is 4. The number of sulfonamides is 1. The van der Waals surface area contributed by atoms with Crippen LogP contribution in [0.3, 0.4) is 0 Å². The summed E-state index contributed by atoms with van der Waals surface area (Å²) in [5.74, 6) is 1.29. The Bertz CT molecular complexity index is 1140. The molecule has 0 aromatic heterocycles. The maximum Gasteiger partial charge on any atom is 0.254 e. The van der Waals surface area contributed by atoms with Crippen LogP contribution in [0.2, 0.25) is 0 Å². The van der Waals surface area contributed by atoms with Gasteiger partial charge in [-0.25, -0.2) is 12.7 Å². The molecule has 0 bridgehead atoms. The van der Waals surface area contributed by atoms with Gasteiger partial charge in [0.15, 0.2) is 11.5 Å². The second kappa shape index (κ2) is 8.75. The van der Waals surface area contributed by atoms with Crippen molar-refractivity contribution >= 4 is 15.9 Å². The lowest BCUT2D eigenvalue weighted by atomic mass is 10.0. The maximum atomic E-state index is 13.5. The topological polar surface area (TPSA) is 76.1 Å². The molecule has 1 atom stereocenters. The first-order valence-corrected chi connectivity index (χ1v) is 12.4. The third kappa shape index (κ3) is 4.09. The van der Waals surface area contributed by atoms with Gasteiger partial charge in [-0.15, -0.1) is 0 Å². The van der Waals surface area contributed by atoms with E-state index in [1.807, 2.05) is 30.0 Å². The maximum absolute atomic E-state index is 13.5. The number of aryl methyl sites for hydroxylation is 1. The number of benzene rings is 2. The summed E-state index contributed by atoms with van der Waals surface area (Å²) in [7, 11) is -0.658. The SMILES string of the molecule is Cc1cc(C(=O)N2CCCC2c2ccc3c(c2)OCCCO3)cc(S(=O)(=O)N(C)C)c1C. The molecule has 0 saturated carbocycles. The summed E-state index contributed by atoms with van der Waals surface area (Å²) in [6.45, 7) is 5.48. The standard InChI is InChI=1S/C24H30N2O5S/c1-16-13-19(15-23(17(16)2)32(28,29)25(3)4)24(27)26-10-5-7-20(26)18-8-9-21-22(14-18)31-12-6-11-30-21/h8-9,13-15,20H,5-7,10-12H2,1-4H3. The van der Waals surface area contributed by atoms with Crippen molar-refractivity contribution in [2.45, 2.75) is 44.0 Å². The highest BCUT2D eigenvalue weighted by atomic mass is 32.2. The number of ether oxygens (including phenoxy) is 2. The van der Waals surface area contributed by atoms with Crippen LogP contribution in [-0.2, 0) is 10.0 Å². The summed E-state index contributed by atoms with van der Waals surface area (Å²) in [5, 5.41) is 0. The molecule has 0 N–H and O–H groups in total. The van der Waals surface area contributed by atoms with Crippen LogP contribution in [0.1, 0.15) is 52.4 Å². The fraction of sp³-hybridized carbons (Fsp3) is 0.458. The van der Waals surface area contributed by atoms with E-state index in [0.29, 0.717) is 36.6 Å². The molecule has 0 spiro atoms. The molecule has 7 nitrogen and oxygen atoms in total. The van der Waals surface area contributed by atoms with E-state index in [1.165, 1.54) is 24.5 Å². The van der Waals surface area contributed by atoms with Crippen LogP contribution in [0.4, 0.5) is 0 Å². The van der Waals surface area contributed by atoms with Crippen LogP contribution in [0.15, 0.2) is 35.2 Å². The van der Waals surface area contributed by atoms with Gasteiger partial charge in [-0.2, -0.15) is 0 Å². The monoisotopic (exact) mass is 458 g/mol. The van der Waals surface area contributed by atoms with Crippen LogP contribution in [0, 0.1) is 13.8 Å². The van der Waals surface area contributed by atoms with E-state index in [-0.39, 0.29) is 16.8 Å². The van der Waals surface area contributed by atoms with Crippen molar-refractivity contribution in [2.75, 3.05) is 33.9 Å².